The molecule has 0 aromatic carbocycles. The minimum Gasteiger partial charge on any atom is -0.870 e. The van der Waals surface area contributed by atoms with Crippen LogP contribution in [0.25, 0.3) is 0 Å². The third-order valence-electron chi connectivity index (χ3n) is 0. The SMILES string of the molecule is O=[N+]([O-])[O-].[Mg+2].[OH-]. The van der Waals surface area contributed by atoms with E-state index in [4.69, 9.17) is 15.3 Å². The third kappa shape index (κ3) is 6180. The molecule has 0 aliphatic heterocycles. The van der Waals surface area contributed by atoms with Crippen LogP contribution >= 0.6 is 0 Å². The van der Waals surface area contributed by atoms with Crippen molar-refractivity contribution < 1.29 is 10.6 Å². The van der Waals surface area contributed by atoms with E-state index in [1.165, 1.54) is 0 Å². The Morgan fingerprint density at radius 2 is 1.33 bits per heavy atom. The Hall–Kier alpha value is -0.0738. The number of rotatable bonds is 0. The zero-order valence-electron chi connectivity index (χ0n) is 2.83. The van der Waals surface area contributed by atoms with Gasteiger partial charge in [-0.25, -0.2) is 0 Å². The zero-order chi connectivity index (χ0) is 3.58. The molecule has 0 fully saturated rings. The van der Waals surface area contributed by atoms with Gasteiger partial charge < -0.3 is 20.8 Å². The summed E-state index contributed by atoms with van der Waals surface area (Å²) < 4.78 is 0. The van der Waals surface area contributed by atoms with Gasteiger partial charge in [0.15, 0.2) is 0 Å². The van der Waals surface area contributed by atoms with Gasteiger partial charge >= 0.3 is 23.1 Å². The summed E-state index contributed by atoms with van der Waals surface area (Å²) in [5.41, 5.74) is 0. The summed E-state index contributed by atoms with van der Waals surface area (Å²) >= 11 is 0. The molecule has 1 N–H and O–H groups in total. The molecule has 0 saturated carbocycles. The van der Waals surface area contributed by atoms with Crippen LogP contribution in [-0.2, 0) is 0 Å². The summed E-state index contributed by atoms with van der Waals surface area (Å²) in [6.07, 6.45) is 0. The van der Waals surface area contributed by atoms with Crippen LogP contribution in [-0.4, -0.2) is 33.6 Å². The quantitative estimate of drug-likeness (QED) is 0.228. The standard InChI is InChI=1S/Mg.NO3.H2O/c;2-1(3)4;/h;;1H2/q+2;-1;/p-1. The van der Waals surface area contributed by atoms with Gasteiger partial charge in [-0.2, -0.15) is 0 Å². The van der Waals surface area contributed by atoms with E-state index in [1.54, 1.807) is 0 Å². The van der Waals surface area contributed by atoms with E-state index < -0.39 is 5.09 Å². The molecule has 0 spiro atoms. The van der Waals surface area contributed by atoms with E-state index >= 15 is 0 Å². The monoisotopic (exact) mass is 103 g/mol. The predicted molar refractivity (Wildman–Crippen MR) is 18.1 cm³/mol. The molecular weight excluding hydrogens is 102 g/mol. The summed E-state index contributed by atoms with van der Waals surface area (Å²) in [6.45, 7) is 0. The number of hydrogen-bond donors (Lipinski definition) is 0. The first-order chi connectivity index (χ1) is 1.73. The van der Waals surface area contributed by atoms with Crippen LogP contribution in [0.15, 0.2) is 0 Å². The number of hydrogen-bond acceptors (Lipinski definition) is 4. The van der Waals surface area contributed by atoms with Gasteiger partial charge in [0, 0.05) is 0 Å². The van der Waals surface area contributed by atoms with Gasteiger partial charge in [-0.15, -0.1) is 0 Å². The van der Waals surface area contributed by atoms with E-state index in [1.807, 2.05) is 0 Å². The van der Waals surface area contributed by atoms with E-state index in [-0.39, 0.29) is 28.5 Å². The second-order valence-corrected chi connectivity index (χ2v) is 0.224. The Balaban J connectivity index is -0.0000000450. The molecule has 0 radical (unpaired) electrons. The fraction of sp³-hybridized carbons (Fsp3) is 0. The van der Waals surface area contributed by atoms with Crippen molar-refractivity contribution in [2.45, 2.75) is 0 Å². The van der Waals surface area contributed by atoms with Crippen LogP contribution in [0.3, 0.4) is 0 Å². The molecule has 32 valence electrons. The normalized spacial score (nSPS) is 4.00. The second-order valence-electron chi connectivity index (χ2n) is 0.224. The van der Waals surface area contributed by atoms with Gasteiger partial charge in [-0.05, 0) is 0 Å². The summed E-state index contributed by atoms with van der Waals surface area (Å²) in [4.78, 5) is 8.25. The fourth-order valence-electron chi connectivity index (χ4n) is 0. The molecule has 6 heteroatoms. The van der Waals surface area contributed by atoms with Gasteiger partial charge in [0.2, 0.25) is 0 Å². The molecule has 5 nitrogen and oxygen atoms in total. The molecule has 0 atom stereocenters. The van der Waals surface area contributed by atoms with E-state index in [2.05, 4.69) is 0 Å². The predicted octanol–water partition coefficient (Wildman–Crippen LogP) is -0.797. The van der Waals surface area contributed by atoms with Crippen molar-refractivity contribution in [1.82, 2.24) is 0 Å². The Morgan fingerprint density at radius 1 is 1.33 bits per heavy atom. The minimum absolute atomic E-state index is 0. The van der Waals surface area contributed by atoms with Crippen LogP contribution in [0.4, 0.5) is 0 Å². The second kappa shape index (κ2) is 8.87. The molecule has 6 heavy (non-hydrogen) atoms. The van der Waals surface area contributed by atoms with Crippen LogP contribution in [0.1, 0.15) is 0 Å². The molecule has 0 aliphatic rings. The molecule has 0 aliphatic carbocycles. The first kappa shape index (κ1) is 16.8. The molecular formula is HMgNO4. The maximum Gasteiger partial charge on any atom is 2.00 e. The van der Waals surface area contributed by atoms with Crippen LogP contribution < -0.4 is 0 Å². The van der Waals surface area contributed by atoms with Crippen molar-refractivity contribution >= 4 is 23.1 Å². The molecule has 0 amide bonds. The Bertz CT molecular complexity index is 30.5. The minimum atomic E-state index is -1.75. The first-order valence-corrected chi connectivity index (χ1v) is 0.548. The summed E-state index contributed by atoms with van der Waals surface area (Å²) in [6, 6.07) is 0. The fourth-order valence-corrected chi connectivity index (χ4v) is 0. The van der Waals surface area contributed by atoms with Gasteiger partial charge in [-0.1, -0.05) is 0 Å². The van der Waals surface area contributed by atoms with Crippen molar-refractivity contribution in [1.29, 1.82) is 0 Å². The average Bonchev–Trinajstić information content (AvgIpc) is 0.811. The molecule has 0 bridgehead atoms. The van der Waals surface area contributed by atoms with Gasteiger partial charge in [-0.3, -0.25) is 0 Å². The summed E-state index contributed by atoms with van der Waals surface area (Å²) in [7, 11) is 0. The van der Waals surface area contributed by atoms with Crippen LogP contribution in [0.2, 0.25) is 0 Å². The Morgan fingerprint density at radius 3 is 1.33 bits per heavy atom. The van der Waals surface area contributed by atoms with Crippen molar-refractivity contribution in [2.24, 2.45) is 0 Å². The Labute approximate surface area is 49.5 Å². The van der Waals surface area contributed by atoms with Crippen molar-refractivity contribution in [3.8, 4) is 0 Å². The maximum absolute atomic E-state index is 8.25. The first-order valence-electron chi connectivity index (χ1n) is 0.548. The zero-order valence-corrected chi connectivity index (χ0v) is 4.24. The summed E-state index contributed by atoms with van der Waals surface area (Å²) in [5.74, 6) is 0. The summed E-state index contributed by atoms with van der Waals surface area (Å²) in [5, 5.41) is 14.8. The molecule has 0 heterocycles. The number of nitrogens with zero attached hydrogens (tertiary/aromatic N) is 1. The molecule has 0 aromatic heterocycles. The third-order valence-corrected chi connectivity index (χ3v) is 0. The topological polar surface area (TPSA) is 96.2 Å². The molecule has 0 rings (SSSR count). The van der Waals surface area contributed by atoms with Crippen molar-refractivity contribution in [2.75, 3.05) is 0 Å². The largest absolute Gasteiger partial charge is 2.00 e. The van der Waals surface area contributed by atoms with E-state index in [9.17, 15) is 0 Å². The average molecular weight is 103 g/mol. The van der Waals surface area contributed by atoms with Crippen LogP contribution in [0.5, 0.6) is 0 Å². The van der Waals surface area contributed by atoms with Crippen LogP contribution in [0, 0.1) is 15.3 Å². The van der Waals surface area contributed by atoms with E-state index in [0.717, 1.165) is 0 Å². The van der Waals surface area contributed by atoms with Gasteiger partial charge in [0.1, 0.15) is 0 Å². The van der Waals surface area contributed by atoms with Gasteiger partial charge in [0.25, 0.3) is 0 Å². The smallest absolute Gasteiger partial charge is 0.870 e. The van der Waals surface area contributed by atoms with Gasteiger partial charge in [0.05, 0.1) is 5.09 Å². The maximum atomic E-state index is 8.25. The molecule has 0 unspecified atom stereocenters. The van der Waals surface area contributed by atoms with Crippen molar-refractivity contribution in [3.63, 3.8) is 0 Å². The Kier molecular flexibility index (Phi) is 24.8. The molecule has 0 aromatic rings. The van der Waals surface area contributed by atoms with Crippen molar-refractivity contribution in [3.05, 3.63) is 15.3 Å². The van der Waals surface area contributed by atoms with E-state index in [0.29, 0.717) is 0 Å². The molecule has 0 saturated heterocycles.